The summed E-state index contributed by atoms with van der Waals surface area (Å²) in [5.74, 6) is -1.76. The van der Waals surface area contributed by atoms with Crippen molar-refractivity contribution in [2.45, 2.75) is 62.3 Å². The van der Waals surface area contributed by atoms with E-state index in [0.717, 1.165) is 18.5 Å². The lowest BCUT2D eigenvalue weighted by atomic mass is 9.71. The number of hydrogen-bond donors (Lipinski definition) is 1. The van der Waals surface area contributed by atoms with E-state index in [0.29, 0.717) is 34.2 Å². The van der Waals surface area contributed by atoms with Gasteiger partial charge in [0.05, 0.1) is 17.9 Å². The molecule has 2 saturated carbocycles. The van der Waals surface area contributed by atoms with Gasteiger partial charge in [-0.3, -0.25) is 4.79 Å². The summed E-state index contributed by atoms with van der Waals surface area (Å²) in [4.78, 5) is 24.6. The number of halogens is 3. The molecular formula is C18H18ClF2N5OS. The minimum atomic E-state index is -2.61. The molecule has 2 aliphatic carbocycles. The van der Waals surface area contributed by atoms with Crippen LogP contribution in [0.5, 0.6) is 0 Å². The van der Waals surface area contributed by atoms with Crippen molar-refractivity contribution in [2.24, 2.45) is 0 Å². The molecule has 2 fully saturated rings. The van der Waals surface area contributed by atoms with Gasteiger partial charge < -0.3 is 4.98 Å². The Hall–Kier alpha value is -1.87. The Morgan fingerprint density at radius 3 is 2.57 bits per heavy atom. The molecule has 148 valence electrons. The topological polar surface area (TPSA) is 76.5 Å². The first-order chi connectivity index (χ1) is 13.4. The second-order valence-electron chi connectivity index (χ2n) is 7.68. The molecule has 1 N–H and O–H groups in total. The average molecular weight is 426 g/mol. The fraction of sp³-hybridized carbons (Fsp3) is 0.556. The Balaban J connectivity index is 1.49. The molecule has 3 aromatic heterocycles. The zero-order chi connectivity index (χ0) is 19.5. The van der Waals surface area contributed by atoms with Crippen LogP contribution in [-0.4, -0.2) is 30.7 Å². The molecule has 0 aliphatic heterocycles. The number of aromatic amines is 1. The van der Waals surface area contributed by atoms with Crippen LogP contribution >= 0.6 is 22.9 Å². The highest BCUT2D eigenvalue weighted by molar-refractivity contribution is 7.13. The Morgan fingerprint density at radius 1 is 1.18 bits per heavy atom. The molecule has 0 amide bonds. The van der Waals surface area contributed by atoms with E-state index in [4.69, 9.17) is 16.6 Å². The molecule has 0 radical (unpaired) electrons. The van der Waals surface area contributed by atoms with E-state index in [1.165, 1.54) is 17.5 Å². The molecule has 0 saturated heterocycles. The molecule has 0 unspecified atom stereocenters. The molecule has 0 spiro atoms. The summed E-state index contributed by atoms with van der Waals surface area (Å²) in [5, 5.41) is 6.66. The number of alkyl halides is 2. The van der Waals surface area contributed by atoms with Crippen LogP contribution in [0.4, 0.5) is 8.78 Å². The van der Waals surface area contributed by atoms with Crippen LogP contribution in [0.2, 0.25) is 4.47 Å². The smallest absolute Gasteiger partial charge is 0.262 e. The Morgan fingerprint density at radius 2 is 1.93 bits per heavy atom. The fourth-order valence-corrected chi connectivity index (χ4v) is 5.12. The molecule has 0 bridgehead atoms. The summed E-state index contributed by atoms with van der Waals surface area (Å²) in [5.41, 5.74) is 1.17. The lowest BCUT2D eigenvalue weighted by molar-refractivity contribution is -0.0446. The van der Waals surface area contributed by atoms with Crippen molar-refractivity contribution in [1.82, 2.24) is 24.7 Å². The minimum absolute atomic E-state index is 0.0642. The largest absolute Gasteiger partial charge is 0.310 e. The van der Waals surface area contributed by atoms with Crippen molar-refractivity contribution in [3.8, 4) is 0 Å². The van der Waals surface area contributed by atoms with Gasteiger partial charge in [-0.05, 0) is 25.7 Å². The number of nitrogens with one attached hydrogen (secondary N) is 1. The summed E-state index contributed by atoms with van der Waals surface area (Å²) in [6, 6.07) is -0.159. The van der Waals surface area contributed by atoms with Gasteiger partial charge in [0.15, 0.2) is 10.1 Å². The van der Waals surface area contributed by atoms with Gasteiger partial charge in [0.2, 0.25) is 5.92 Å². The van der Waals surface area contributed by atoms with Crippen molar-refractivity contribution in [3.63, 3.8) is 0 Å². The predicted molar refractivity (Wildman–Crippen MR) is 102 cm³/mol. The zero-order valence-electron chi connectivity index (χ0n) is 14.9. The maximum atomic E-state index is 13.5. The minimum Gasteiger partial charge on any atom is -0.310 e. The first kappa shape index (κ1) is 18.2. The normalized spacial score (nSPS) is 25.1. The van der Waals surface area contributed by atoms with Gasteiger partial charge in [-0.2, -0.15) is 5.10 Å². The van der Waals surface area contributed by atoms with E-state index in [-0.39, 0.29) is 36.3 Å². The van der Waals surface area contributed by atoms with Crippen LogP contribution in [0.1, 0.15) is 67.9 Å². The van der Waals surface area contributed by atoms with Gasteiger partial charge >= 0.3 is 0 Å². The number of nitrogens with zero attached hydrogens (tertiary/aromatic N) is 4. The summed E-state index contributed by atoms with van der Waals surface area (Å²) < 4.78 is 29.2. The first-order valence-corrected chi connectivity index (χ1v) is 10.6. The van der Waals surface area contributed by atoms with Crippen LogP contribution in [0.3, 0.4) is 0 Å². The van der Waals surface area contributed by atoms with Crippen LogP contribution in [0.15, 0.2) is 16.4 Å². The third-order valence-corrected chi connectivity index (χ3v) is 7.01. The molecule has 0 aromatic carbocycles. The number of fused-ring (bicyclic) bond motifs is 1. The van der Waals surface area contributed by atoms with Crippen molar-refractivity contribution in [1.29, 1.82) is 0 Å². The van der Waals surface area contributed by atoms with Crippen molar-refractivity contribution < 1.29 is 8.78 Å². The van der Waals surface area contributed by atoms with Crippen LogP contribution < -0.4 is 5.56 Å². The number of hydrogen-bond acceptors (Lipinski definition) is 5. The van der Waals surface area contributed by atoms with E-state index in [9.17, 15) is 13.6 Å². The molecule has 5 rings (SSSR count). The summed E-state index contributed by atoms with van der Waals surface area (Å²) in [7, 11) is 0. The summed E-state index contributed by atoms with van der Waals surface area (Å²) in [6.45, 7) is 0. The van der Waals surface area contributed by atoms with Gasteiger partial charge in [0.1, 0.15) is 11.2 Å². The molecule has 28 heavy (non-hydrogen) atoms. The van der Waals surface area contributed by atoms with E-state index >= 15 is 0 Å². The molecular weight excluding hydrogens is 408 g/mol. The molecule has 10 heteroatoms. The van der Waals surface area contributed by atoms with Crippen LogP contribution in [0, 0.1) is 0 Å². The third kappa shape index (κ3) is 3.04. The molecule has 6 nitrogen and oxygen atoms in total. The van der Waals surface area contributed by atoms with Crippen LogP contribution in [0.25, 0.3) is 11.0 Å². The highest BCUT2D eigenvalue weighted by Gasteiger charge is 2.38. The van der Waals surface area contributed by atoms with Crippen LogP contribution in [-0.2, 0) is 0 Å². The molecule has 3 aromatic rings. The fourth-order valence-electron chi connectivity index (χ4n) is 4.28. The Labute approximate surface area is 168 Å². The quantitative estimate of drug-likeness (QED) is 0.663. The summed E-state index contributed by atoms with van der Waals surface area (Å²) in [6.07, 6.45) is 3.68. The maximum absolute atomic E-state index is 13.5. The second-order valence-corrected chi connectivity index (χ2v) is 9.12. The lowest BCUT2D eigenvalue weighted by Gasteiger charge is -2.34. The number of thiazole rings is 1. The zero-order valence-corrected chi connectivity index (χ0v) is 16.4. The van der Waals surface area contributed by atoms with Gasteiger partial charge in [0.25, 0.3) is 5.56 Å². The highest BCUT2D eigenvalue weighted by Crippen LogP contribution is 2.48. The first-order valence-electron chi connectivity index (χ1n) is 9.37. The number of aromatic nitrogens is 5. The number of H-pyrrole nitrogens is 1. The standard InChI is InChI=1S/C18H18ClF2N5OS/c19-17-23-13(8-28-17)10-1-2-11(10)14-24-15-12(16(27)25-14)7-22-26(15)9-3-5-18(20,21)6-4-9/h7-11H,1-6H2,(H,24,25,27)/t10-,11-/m0/s1. The highest BCUT2D eigenvalue weighted by atomic mass is 35.5. The van der Waals surface area contributed by atoms with Crippen molar-refractivity contribution in [2.75, 3.05) is 0 Å². The Kier molecular flexibility index (Phi) is 4.28. The van der Waals surface area contributed by atoms with Gasteiger partial charge in [0, 0.05) is 30.1 Å². The van der Waals surface area contributed by atoms with E-state index < -0.39 is 5.92 Å². The number of rotatable bonds is 3. The molecule has 2 aliphatic rings. The van der Waals surface area contributed by atoms with E-state index in [2.05, 4.69) is 15.1 Å². The maximum Gasteiger partial charge on any atom is 0.262 e. The van der Waals surface area contributed by atoms with Crippen molar-refractivity contribution >= 4 is 34.0 Å². The monoisotopic (exact) mass is 425 g/mol. The molecule has 2 atom stereocenters. The Bertz CT molecular complexity index is 1080. The van der Waals surface area contributed by atoms with Crippen molar-refractivity contribution in [3.05, 3.63) is 37.9 Å². The predicted octanol–water partition coefficient (Wildman–Crippen LogP) is 4.64. The van der Waals surface area contributed by atoms with E-state index in [1.807, 2.05) is 5.38 Å². The second kappa shape index (κ2) is 6.59. The lowest BCUT2D eigenvalue weighted by Crippen LogP contribution is -2.28. The summed E-state index contributed by atoms with van der Waals surface area (Å²) >= 11 is 7.36. The molecule has 3 heterocycles. The van der Waals surface area contributed by atoms with Gasteiger partial charge in [-0.15, -0.1) is 11.3 Å². The third-order valence-electron chi connectivity index (χ3n) is 6.01. The van der Waals surface area contributed by atoms with E-state index in [1.54, 1.807) is 4.68 Å². The average Bonchev–Trinajstić information content (AvgIpc) is 3.21. The SMILES string of the molecule is O=c1[nH]c([C@H]2CC[C@@H]2c2csc(Cl)n2)nc2c1cnn2C1CCC(F)(F)CC1. The van der Waals surface area contributed by atoms with Gasteiger partial charge in [-0.1, -0.05) is 11.6 Å². The van der Waals surface area contributed by atoms with Gasteiger partial charge in [-0.25, -0.2) is 23.4 Å².